The molecule has 1 saturated carbocycles. The topological polar surface area (TPSA) is 43.8 Å². The molecular weight excluding hydrogens is 162 g/mol. The normalized spacial score (nSPS) is 17.8. The van der Waals surface area contributed by atoms with Gasteiger partial charge in [0.1, 0.15) is 5.82 Å². The van der Waals surface area contributed by atoms with Gasteiger partial charge in [0.05, 0.1) is 0 Å². The van der Waals surface area contributed by atoms with Gasteiger partial charge in [0, 0.05) is 23.7 Å². The average molecular weight is 179 g/mol. The van der Waals surface area contributed by atoms with Crippen molar-refractivity contribution < 1.29 is 0 Å². The van der Waals surface area contributed by atoms with Crippen molar-refractivity contribution in [1.82, 2.24) is 9.78 Å². The second-order valence-electron chi connectivity index (χ2n) is 4.16. The van der Waals surface area contributed by atoms with E-state index < -0.39 is 0 Å². The van der Waals surface area contributed by atoms with Crippen molar-refractivity contribution in [2.75, 3.05) is 5.73 Å². The average Bonchev–Trinajstić information content (AvgIpc) is 2.27. The van der Waals surface area contributed by atoms with Gasteiger partial charge in [-0.05, 0) is 26.7 Å². The molecule has 0 bridgehead atoms. The van der Waals surface area contributed by atoms with Crippen LogP contribution in [0.2, 0.25) is 0 Å². The first kappa shape index (κ1) is 8.60. The van der Waals surface area contributed by atoms with E-state index in [4.69, 9.17) is 5.73 Å². The molecule has 2 N–H and O–H groups in total. The Morgan fingerprint density at radius 3 is 2.69 bits per heavy atom. The van der Waals surface area contributed by atoms with E-state index in [1.165, 1.54) is 25.0 Å². The van der Waals surface area contributed by atoms with Crippen LogP contribution in [0.3, 0.4) is 0 Å². The molecule has 2 rings (SSSR count). The van der Waals surface area contributed by atoms with Crippen molar-refractivity contribution in [1.29, 1.82) is 0 Å². The summed E-state index contributed by atoms with van der Waals surface area (Å²) < 4.78 is 2.07. The number of anilines is 1. The Hall–Kier alpha value is -0.990. The van der Waals surface area contributed by atoms with E-state index in [0.717, 1.165) is 0 Å². The highest BCUT2D eigenvalue weighted by molar-refractivity contribution is 5.32. The molecule has 0 atom stereocenters. The second-order valence-corrected chi connectivity index (χ2v) is 4.16. The molecule has 1 aliphatic rings. The summed E-state index contributed by atoms with van der Waals surface area (Å²) in [5, 5.41) is 4.31. The van der Waals surface area contributed by atoms with Crippen LogP contribution in [-0.2, 0) is 0 Å². The maximum Gasteiger partial charge on any atom is 0.145 e. The summed E-state index contributed by atoms with van der Waals surface area (Å²) in [4.78, 5) is 0. The molecule has 13 heavy (non-hydrogen) atoms. The number of rotatable bonds is 2. The standard InChI is InChI=1S/C10H17N3/c1-7(2)13-9(6-10(11)12-13)8-4-3-5-8/h6-8H,3-5H2,1-2H3,(H2,11,12). The van der Waals surface area contributed by atoms with E-state index in [0.29, 0.717) is 17.8 Å². The first-order valence-electron chi connectivity index (χ1n) is 5.03. The van der Waals surface area contributed by atoms with Gasteiger partial charge in [0.25, 0.3) is 0 Å². The molecule has 72 valence electrons. The molecular formula is C10H17N3. The van der Waals surface area contributed by atoms with Crippen LogP contribution >= 0.6 is 0 Å². The zero-order chi connectivity index (χ0) is 9.42. The molecule has 0 saturated heterocycles. The monoisotopic (exact) mass is 179 g/mol. The fourth-order valence-corrected chi connectivity index (χ4v) is 1.85. The summed E-state index contributed by atoms with van der Waals surface area (Å²) in [5.74, 6) is 1.38. The Morgan fingerprint density at radius 2 is 2.23 bits per heavy atom. The second kappa shape index (κ2) is 3.05. The Morgan fingerprint density at radius 1 is 1.54 bits per heavy atom. The van der Waals surface area contributed by atoms with Gasteiger partial charge in [-0.15, -0.1) is 0 Å². The Bertz CT molecular complexity index is 297. The lowest BCUT2D eigenvalue weighted by atomic mass is 9.83. The highest BCUT2D eigenvalue weighted by atomic mass is 15.3. The van der Waals surface area contributed by atoms with E-state index in [2.05, 4.69) is 23.6 Å². The van der Waals surface area contributed by atoms with E-state index >= 15 is 0 Å². The quantitative estimate of drug-likeness (QED) is 0.757. The summed E-state index contributed by atoms with van der Waals surface area (Å²) in [6.07, 6.45) is 3.96. The van der Waals surface area contributed by atoms with Gasteiger partial charge >= 0.3 is 0 Å². The molecule has 0 amide bonds. The maximum absolute atomic E-state index is 5.70. The van der Waals surface area contributed by atoms with Gasteiger partial charge < -0.3 is 5.73 Å². The summed E-state index contributed by atoms with van der Waals surface area (Å²) in [6, 6.07) is 2.46. The van der Waals surface area contributed by atoms with Crippen molar-refractivity contribution in [3.05, 3.63) is 11.8 Å². The van der Waals surface area contributed by atoms with Gasteiger partial charge in [-0.25, -0.2) is 0 Å². The number of nitrogens with zero attached hydrogens (tertiary/aromatic N) is 2. The molecule has 0 radical (unpaired) electrons. The van der Waals surface area contributed by atoms with E-state index in [1.54, 1.807) is 0 Å². The van der Waals surface area contributed by atoms with Crippen molar-refractivity contribution >= 4 is 5.82 Å². The van der Waals surface area contributed by atoms with Crippen LogP contribution in [0.4, 0.5) is 5.82 Å². The SMILES string of the molecule is CC(C)n1nc(N)cc1C1CCC1. The molecule has 1 aromatic rings. The van der Waals surface area contributed by atoms with Crippen LogP contribution < -0.4 is 5.73 Å². The third kappa shape index (κ3) is 1.43. The lowest BCUT2D eigenvalue weighted by Crippen LogP contribution is -2.16. The molecule has 0 unspecified atom stereocenters. The fourth-order valence-electron chi connectivity index (χ4n) is 1.85. The lowest BCUT2D eigenvalue weighted by molar-refractivity contribution is 0.376. The number of aromatic nitrogens is 2. The fraction of sp³-hybridized carbons (Fsp3) is 0.700. The Labute approximate surface area is 78.9 Å². The third-order valence-corrected chi connectivity index (χ3v) is 2.80. The highest BCUT2D eigenvalue weighted by Crippen LogP contribution is 2.37. The van der Waals surface area contributed by atoms with Crippen molar-refractivity contribution in [3.8, 4) is 0 Å². The molecule has 0 aliphatic heterocycles. The third-order valence-electron chi connectivity index (χ3n) is 2.80. The van der Waals surface area contributed by atoms with E-state index in [-0.39, 0.29) is 0 Å². The number of nitrogen functional groups attached to an aromatic ring is 1. The van der Waals surface area contributed by atoms with Crippen LogP contribution in [0.1, 0.15) is 50.8 Å². The Kier molecular flexibility index (Phi) is 2.02. The summed E-state index contributed by atoms with van der Waals surface area (Å²) in [6.45, 7) is 4.29. The van der Waals surface area contributed by atoms with Crippen molar-refractivity contribution in [2.45, 2.75) is 45.1 Å². The van der Waals surface area contributed by atoms with Gasteiger partial charge in [-0.3, -0.25) is 4.68 Å². The van der Waals surface area contributed by atoms with Crippen molar-refractivity contribution in [2.24, 2.45) is 0 Å². The number of hydrogen-bond donors (Lipinski definition) is 1. The minimum Gasteiger partial charge on any atom is -0.382 e. The number of hydrogen-bond acceptors (Lipinski definition) is 2. The zero-order valence-corrected chi connectivity index (χ0v) is 8.33. The first-order valence-corrected chi connectivity index (χ1v) is 5.03. The molecule has 1 aliphatic carbocycles. The first-order chi connectivity index (χ1) is 6.18. The Balaban J connectivity index is 2.31. The van der Waals surface area contributed by atoms with Crippen LogP contribution in [0.25, 0.3) is 0 Å². The molecule has 0 aromatic carbocycles. The van der Waals surface area contributed by atoms with Gasteiger partial charge in [-0.1, -0.05) is 6.42 Å². The number of nitrogens with two attached hydrogens (primary N) is 1. The van der Waals surface area contributed by atoms with Crippen molar-refractivity contribution in [3.63, 3.8) is 0 Å². The van der Waals surface area contributed by atoms with Crippen LogP contribution in [0.15, 0.2) is 6.07 Å². The summed E-state index contributed by atoms with van der Waals surface area (Å²) in [7, 11) is 0. The predicted octanol–water partition coefficient (Wildman–Crippen LogP) is 2.31. The molecule has 0 spiro atoms. The minimum absolute atomic E-state index is 0.424. The van der Waals surface area contributed by atoms with Gasteiger partial charge in [-0.2, -0.15) is 5.10 Å². The molecule has 1 aromatic heterocycles. The largest absolute Gasteiger partial charge is 0.382 e. The maximum atomic E-state index is 5.70. The molecule has 1 heterocycles. The van der Waals surface area contributed by atoms with Crippen LogP contribution in [0.5, 0.6) is 0 Å². The molecule has 1 fully saturated rings. The molecule has 3 heteroatoms. The summed E-state index contributed by atoms with van der Waals surface area (Å²) in [5.41, 5.74) is 7.03. The zero-order valence-electron chi connectivity index (χ0n) is 8.33. The smallest absolute Gasteiger partial charge is 0.145 e. The summed E-state index contributed by atoms with van der Waals surface area (Å²) >= 11 is 0. The lowest BCUT2D eigenvalue weighted by Gasteiger charge is -2.26. The molecule has 3 nitrogen and oxygen atoms in total. The minimum atomic E-state index is 0.424. The highest BCUT2D eigenvalue weighted by Gasteiger charge is 2.24. The van der Waals surface area contributed by atoms with Crippen LogP contribution in [-0.4, -0.2) is 9.78 Å². The predicted molar refractivity (Wildman–Crippen MR) is 53.6 cm³/mol. The van der Waals surface area contributed by atoms with Crippen LogP contribution in [0, 0.1) is 0 Å². The van der Waals surface area contributed by atoms with E-state index in [9.17, 15) is 0 Å². The van der Waals surface area contributed by atoms with E-state index in [1.807, 2.05) is 6.07 Å². The van der Waals surface area contributed by atoms with Gasteiger partial charge in [0.15, 0.2) is 0 Å². The van der Waals surface area contributed by atoms with Gasteiger partial charge in [0.2, 0.25) is 0 Å².